The highest BCUT2D eigenvalue weighted by Crippen LogP contribution is 2.37. The van der Waals surface area contributed by atoms with Crippen LogP contribution >= 0.6 is 11.3 Å². The number of benzene rings is 1. The molecule has 1 atom stereocenters. The zero-order valence-corrected chi connectivity index (χ0v) is 19.1. The Bertz CT molecular complexity index is 797. The summed E-state index contributed by atoms with van der Waals surface area (Å²) in [5, 5.41) is 12.2. The van der Waals surface area contributed by atoms with Gasteiger partial charge in [0.15, 0.2) is 0 Å². The van der Waals surface area contributed by atoms with Crippen LogP contribution in [0.25, 0.3) is 0 Å². The standard InChI is InChI=1S/C23H34N2O3S/c1-17-20(15-28-19-9-7-18(27-5)8-10-19)29-21(24-17)23(26)11-6-13-25(14-12-23)16-22(2,3)4/h7-10,26H,6,11-16H2,1-5H3. The van der Waals surface area contributed by atoms with Gasteiger partial charge in [-0.15, -0.1) is 11.3 Å². The van der Waals surface area contributed by atoms with E-state index in [-0.39, 0.29) is 5.41 Å². The van der Waals surface area contributed by atoms with Gasteiger partial charge in [-0.2, -0.15) is 0 Å². The highest BCUT2D eigenvalue weighted by molar-refractivity contribution is 7.11. The Labute approximate surface area is 178 Å². The molecule has 1 saturated heterocycles. The van der Waals surface area contributed by atoms with Gasteiger partial charge in [0, 0.05) is 13.1 Å². The van der Waals surface area contributed by atoms with Gasteiger partial charge in [0.05, 0.1) is 17.7 Å². The number of aryl methyl sites for hydroxylation is 1. The Balaban J connectivity index is 1.65. The molecule has 2 heterocycles. The van der Waals surface area contributed by atoms with E-state index in [4.69, 9.17) is 14.5 Å². The smallest absolute Gasteiger partial charge is 0.125 e. The number of rotatable bonds is 6. The van der Waals surface area contributed by atoms with Crippen LogP contribution in [0.2, 0.25) is 0 Å². The highest BCUT2D eigenvalue weighted by Gasteiger charge is 2.36. The first kappa shape index (κ1) is 22.1. The van der Waals surface area contributed by atoms with Crippen molar-refractivity contribution in [3.05, 3.63) is 39.8 Å². The summed E-state index contributed by atoms with van der Waals surface area (Å²) >= 11 is 1.59. The van der Waals surface area contributed by atoms with Gasteiger partial charge in [0.25, 0.3) is 0 Å². The van der Waals surface area contributed by atoms with Crippen LogP contribution < -0.4 is 9.47 Å². The minimum atomic E-state index is -0.833. The Morgan fingerprint density at radius 1 is 1.14 bits per heavy atom. The first-order valence-corrected chi connectivity index (χ1v) is 11.2. The van der Waals surface area contributed by atoms with Crippen LogP contribution in [0.1, 0.15) is 55.6 Å². The zero-order chi connectivity index (χ0) is 21.1. The zero-order valence-electron chi connectivity index (χ0n) is 18.3. The lowest BCUT2D eigenvalue weighted by Crippen LogP contribution is -2.34. The second-order valence-electron chi connectivity index (χ2n) is 9.21. The molecule has 0 saturated carbocycles. The van der Waals surface area contributed by atoms with Crippen LogP contribution in [-0.4, -0.2) is 41.7 Å². The van der Waals surface area contributed by atoms with E-state index in [9.17, 15) is 5.11 Å². The Morgan fingerprint density at radius 2 is 1.83 bits per heavy atom. The number of ether oxygens (including phenoxy) is 2. The third-order valence-corrected chi connectivity index (χ3v) is 6.65. The molecule has 5 nitrogen and oxygen atoms in total. The van der Waals surface area contributed by atoms with E-state index in [2.05, 4.69) is 25.7 Å². The maximum absolute atomic E-state index is 11.4. The molecule has 1 aromatic carbocycles. The molecule has 0 bridgehead atoms. The van der Waals surface area contributed by atoms with Crippen molar-refractivity contribution < 1.29 is 14.6 Å². The molecule has 1 fully saturated rings. The Hall–Kier alpha value is -1.63. The molecular formula is C23H34N2O3S. The van der Waals surface area contributed by atoms with Crippen molar-refractivity contribution in [2.24, 2.45) is 5.41 Å². The summed E-state index contributed by atoms with van der Waals surface area (Å²) < 4.78 is 11.1. The van der Waals surface area contributed by atoms with Gasteiger partial charge in [-0.05, 0) is 62.4 Å². The van der Waals surface area contributed by atoms with Crippen LogP contribution in [0.15, 0.2) is 24.3 Å². The van der Waals surface area contributed by atoms with E-state index in [1.165, 1.54) is 0 Å². The number of thiazole rings is 1. The summed E-state index contributed by atoms with van der Waals surface area (Å²) in [5.41, 5.74) is 0.384. The fourth-order valence-corrected chi connectivity index (χ4v) is 4.92. The molecule has 0 spiro atoms. The molecule has 29 heavy (non-hydrogen) atoms. The molecule has 3 rings (SSSR count). The van der Waals surface area contributed by atoms with Gasteiger partial charge in [-0.1, -0.05) is 20.8 Å². The van der Waals surface area contributed by atoms with E-state index in [0.717, 1.165) is 66.0 Å². The lowest BCUT2D eigenvalue weighted by molar-refractivity contribution is 0.0200. The fourth-order valence-electron chi connectivity index (χ4n) is 3.80. The van der Waals surface area contributed by atoms with Crippen LogP contribution in [0, 0.1) is 12.3 Å². The van der Waals surface area contributed by atoms with Gasteiger partial charge in [0.1, 0.15) is 28.7 Å². The monoisotopic (exact) mass is 418 g/mol. The number of hydrogen-bond acceptors (Lipinski definition) is 6. The quantitative estimate of drug-likeness (QED) is 0.733. The van der Waals surface area contributed by atoms with Crippen molar-refractivity contribution in [1.82, 2.24) is 9.88 Å². The third-order valence-electron chi connectivity index (χ3n) is 5.32. The van der Waals surface area contributed by atoms with Gasteiger partial charge < -0.3 is 19.5 Å². The maximum Gasteiger partial charge on any atom is 0.125 e. The highest BCUT2D eigenvalue weighted by atomic mass is 32.1. The van der Waals surface area contributed by atoms with Crippen molar-refractivity contribution in [2.75, 3.05) is 26.7 Å². The van der Waals surface area contributed by atoms with Gasteiger partial charge in [-0.25, -0.2) is 4.98 Å². The predicted octanol–water partition coefficient (Wildman–Crippen LogP) is 4.76. The fraction of sp³-hybridized carbons (Fsp3) is 0.609. The number of likely N-dealkylation sites (tertiary alicyclic amines) is 1. The van der Waals surface area contributed by atoms with Crippen molar-refractivity contribution in [1.29, 1.82) is 0 Å². The number of hydrogen-bond donors (Lipinski definition) is 1. The van der Waals surface area contributed by atoms with Crippen molar-refractivity contribution in [3.8, 4) is 11.5 Å². The van der Waals surface area contributed by atoms with E-state index >= 15 is 0 Å². The number of methoxy groups -OCH3 is 1. The average molecular weight is 419 g/mol. The Kier molecular flexibility index (Phi) is 6.87. The minimum absolute atomic E-state index is 0.270. The maximum atomic E-state index is 11.4. The second-order valence-corrected chi connectivity index (χ2v) is 10.3. The normalized spacial score (nSPS) is 21.0. The number of aromatic nitrogens is 1. The largest absolute Gasteiger partial charge is 0.497 e. The van der Waals surface area contributed by atoms with Crippen LogP contribution in [0.3, 0.4) is 0 Å². The Morgan fingerprint density at radius 3 is 2.48 bits per heavy atom. The molecule has 0 amide bonds. The summed E-state index contributed by atoms with van der Waals surface area (Å²) in [4.78, 5) is 8.28. The first-order valence-electron chi connectivity index (χ1n) is 10.4. The SMILES string of the molecule is COc1ccc(OCc2sc(C3(O)CCCN(CC(C)(C)C)CC3)nc2C)cc1. The molecule has 1 aromatic heterocycles. The lowest BCUT2D eigenvalue weighted by Gasteiger charge is -2.29. The number of aliphatic hydroxyl groups is 1. The molecule has 2 aromatic rings. The van der Waals surface area contributed by atoms with Crippen LogP contribution in [-0.2, 0) is 12.2 Å². The van der Waals surface area contributed by atoms with Crippen molar-refractivity contribution >= 4 is 11.3 Å². The number of nitrogens with zero attached hydrogens (tertiary/aromatic N) is 2. The van der Waals surface area contributed by atoms with Crippen molar-refractivity contribution in [2.45, 2.75) is 59.2 Å². The average Bonchev–Trinajstić information content (AvgIpc) is 2.95. The second kappa shape index (κ2) is 9.02. The van der Waals surface area contributed by atoms with Gasteiger partial charge >= 0.3 is 0 Å². The minimum Gasteiger partial charge on any atom is -0.497 e. The topological polar surface area (TPSA) is 54.8 Å². The third kappa shape index (κ3) is 5.93. The van der Waals surface area contributed by atoms with Crippen molar-refractivity contribution in [3.63, 3.8) is 0 Å². The molecule has 160 valence electrons. The first-order chi connectivity index (χ1) is 13.7. The molecule has 1 aliphatic heterocycles. The van der Waals surface area contributed by atoms with Gasteiger partial charge in [0.2, 0.25) is 0 Å². The molecule has 1 aliphatic rings. The lowest BCUT2D eigenvalue weighted by atomic mass is 9.95. The molecule has 6 heteroatoms. The van der Waals surface area contributed by atoms with Crippen LogP contribution in [0.5, 0.6) is 11.5 Å². The van der Waals surface area contributed by atoms with E-state index in [1.807, 2.05) is 31.2 Å². The summed E-state index contributed by atoms with van der Waals surface area (Å²) in [6.45, 7) is 12.3. The van der Waals surface area contributed by atoms with E-state index in [1.54, 1.807) is 18.4 Å². The summed E-state index contributed by atoms with van der Waals surface area (Å²) in [7, 11) is 1.65. The summed E-state index contributed by atoms with van der Waals surface area (Å²) in [6, 6.07) is 7.58. The molecular weight excluding hydrogens is 384 g/mol. The van der Waals surface area contributed by atoms with Gasteiger partial charge in [-0.3, -0.25) is 0 Å². The molecule has 0 radical (unpaired) electrons. The molecule has 0 aliphatic carbocycles. The summed E-state index contributed by atoms with van der Waals surface area (Å²) in [6.07, 6.45) is 2.48. The molecule has 1 N–H and O–H groups in total. The van der Waals surface area contributed by atoms with Crippen LogP contribution in [0.4, 0.5) is 0 Å². The molecule has 1 unspecified atom stereocenters. The van der Waals surface area contributed by atoms with E-state index < -0.39 is 5.60 Å². The summed E-state index contributed by atoms with van der Waals surface area (Å²) in [5.74, 6) is 1.61. The predicted molar refractivity (Wildman–Crippen MR) is 118 cm³/mol. The van der Waals surface area contributed by atoms with E-state index in [0.29, 0.717) is 6.61 Å².